The Hall–Kier alpha value is -2.04. The molecule has 0 radical (unpaired) electrons. The molecule has 0 saturated heterocycles. The zero-order valence-corrected chi connectivity index (χ0v) is 11.9. The smallest absolute Gasteiger partial charge is 0.188 e. The van der Waals surface area contributed by atoms with Crippen LogP contribution in [0.4, 0.5) is 0 Å². The monoisotopic (exact) mass is 261 g/mol. The number of nitrogens with zero attached hydrogens (tertiary/aromatic N) is 2. The van der Waals surface area contributed by atoms with Crippen LogP contribution in [0.15, 0.2) is 12.1 Å². The van der Waals surface area contributed by atoms with Gasteiger partial charge in [0.15, 0.2) is 5.82 Å². The molecule has 0 saturated carbocycles. The van der Waals surface area contributed by atoms with Gasteiger partial charge in [-0.15, -0.1) is 0 Å². The fourth-order valence-corrected chi connectivity index (χ4v) is 1.91. The molecule has 102 valence electrons. The second-order valence-corrected chi connectivity index (χ2v) is 4.74. The fraction of sp³-hybridized carbons (Fsp3) is 0.429. The molecule has 0 fully saturated rings. The Balaban J connectivity index is 2.58. The van der Waals surface area contributed by atoms with Crippen molar-refractivity contribution in [3.8, 4) is 22.9 Å². The number of ether oxygens (including phenoxy) is 2. The number of benzene rings is 1. The van der Waals surface area contributed by atoms with Gasteiger partial charge in [-0.25, -0.2) is 4.98 Å². The number of methoxy groups -OCH3 is 2. The Labute approximate surface area is 113 Å². The van der Waals surface area contributed by atoms with E-state index in [2.05, 4.69) is 29.0 Å². The van der Waals surface area contributed by atoms with Crippen molar-refractivity contribution in [1.29, 1.82) is 0 Å². The molecule has 0 unspecified atom stereocenters. The predicted molar refractivity (Wildman–Crippen MR) is 73.7 cm³/mol. The van der Waals surface area contributed by atoms with Crippen molar-refractivity contribution in [2.24, 2.45) is 0 Å². The summed E-state index contributed by atoms with van der Waals surface area (Å²) in [7, 11) is 3.27. The van der Waals surface area contributed by atoms with Crippen LogP contribution in [-0.4, -0.2) is 29.4 Å². The first-order chi connectivity index (χ1) is 9.06. The van der Waals surface area contributed by atoms with Gasteiger partial charge in [-0.1, -0.05) is 13.8 Å². The second-order valence-electron chi connectivity index (χ2n) is 4.74. The van der Waals surface area contributed by atoms with E-state index in [0.29, 0.717) is 23.2 Å². The Bertz CT molecular complexity index is 551. The molecule has 1 heterocycles. The lowest BCUT2D eigenvalue weighted by Gasteiger charge is -2.11. The van der Waals surface area contributed by atoms with Crippen molar-refractivity contribution in [1.82, 2.24) is 15.2 Å². The van der Waals surface area contributed by atoms with E-state index in [9.17, 15) is 0 Å². The van der Waals surface area contributed by atoms with Gasteiger partial charge in [0.2, 0.25) is 0 Å². The Kier molecular flexibility index (Phi) is 3.74. The van der Waals surface area contributed by atoms with Crippen LogP contribution in [0.1, 0.15) is 31.2 Å². The quantitative estimate of drug-likeness (QED) is 0.919. The first-order valence-electron chi connectivity index (χ1n) is 6.22. The number of aryl methyl sites for hydroxylation is 1. The van der Waals surface area contributed by atoms with Crippen LogP contribution in [0, 0.1) is 6.92 Å². The third kappa shape index (κ3) is 2.54. The minimum absolute atomic E-state index is 0.295. The summed E-state index contributed by atoms with van der Waals surface area (Å²) in [5, 5.41) is 7.21. The highest BCUT2D eigenvalue weighted by molar-refractivity contribution is 5.72. The van der Waals surface area contributed by atoms with Gasteiger partial charge in [0.1, 0.15) is 22.9 Å². The molecular weight excluding hydrogens is 242 g/mol. The molecule has 0 aliphatic carbocycles. The lowest BCUT2D eigenvalue weighted by molar-refractivity contribution is 0.396. The molecule has 0 aliphatic rings. The minimum atomic E-state index is 0.295. The van der Waals surface area contributed by atoms with E-state index in [1.54, 1.807) is 14.2 Å². The summed E-state index contributed by atoms with van der Waals surface area (Å²) in [6.45, 7) is 6.12. The maximum Gasteiger partial charge on any atom is 0.188 e. The van der Waals surface area contributed by atoms with Gasteiger partial charge in [0.25, 0.3) is 0 Å². The molecule has 2 aromatic rings. The van der Waals surface area contributed by atoms with Gasteiger partial charge >= 0.3 is 0 Å². The number of H-pyrrole nitrogens is 1. The average Bonchev–Trinajstić information content (AvgIpc) is 2.86. The van der Waals surface area contributed by atoms with E-state index in [4.69, 9.17) is 9.47 Å². The molecule has 1 aromatic heterocycles. The molecule has 1 N–H and O–H groups in total. The zero-order valence-electron chi connectivity index (χ0n) is 11.9. The van der Waals surface area contributed by atoms with Crippen molar-refractivity contribution >= 4 is 0 Å². The molecule has 0 spiro atoms. The third-order valence-corrected chi connectivity index (χ3v) is 2.92. The fourth-order valence-electron chi connectivity index (χ4n) is 1.91. The number of hydrogen-bond acceptors (Lipinski definition) is 4. The molecule has 5 heteroatoms. The van der Waals surface area contributed by atoms with E-state index >= 15 is 0 Å². The summed E-state index contributed by atoms with van der Waals surface area (Å²) < 4.78 is 10.8. The molecule has 0 bridgehead atoms. The highest BCUT2D eigenvalue weighted by Gasteiger charge is 2.18. The van der Waals surface area contributed by atoms with Gasteiger partial charge in [-0.05, 0) is 24.6 Å². The van der Waals surface area contributed by atoms with Crippen molar-refractivity contribution < 1.29 is 9.47 Å². The molecule has 1 aromatic carbocycles. The largest absolute Gasteiger partial charge is 0.496 e. The Morgan fingerprint density at radius 3 is 2.11 bits per heavy atom. The number of rotatable bonds is 4. The molecule has 2 rings (SSSR count). The lowest BCUT2D eigenvalue weighted by Crippen LogP contribution is -1.96. The molecule has 0 aliphatic heterocycles. The average molecular weight is 261 g/mol. The normalized spacial score (nSPS) is 10.8. The van der Waals surface area contributed by atoms with Gasteiger partial charge < -0.3 is 9.47 Å². The van der Waals surface area contributed by atoms with E-state index in [0.717, 1.165) is 17.0 Å². The molecule has 19 heavy (non-hydrogen) atoms. The van der Waals surface area contributed by atoms with Gasteiger partial charge in [0, 0.05) is 5.92 Å². The molecule has 5 nitrogen and oxygen atoms in total. The van der Waals surface area contributed by atoms with Crippen molar-refractivity contribution in [3.63, 3.8) is 0 Å². The SMILES string of the molecule is COc1cc(C)cc(OC)c1-c1n[nH]c(C(C)C)n1. The van der Waals surface area contributed by atoms with Crippen molar-refractivity contribution in [3.05, 3.63) is 23.5 Å². The maximum absolute atomic E-state index is 5.42. The molecule has 0 amide bonds. The van der Waals surface area contributed by atoms with Crippen LogP contribution in [0.5, 0.6) is 11.5 Å². The number of aromatic nitrogens is 3. The van der Waals surface area contributed by atoms with Crippen LogP contribution in [0.2, 0.25) is 0 Å². The van der Waals surface area contributed by atoms with E-state index in [1.807, 2.05) is 19.1 Å². The van der Waals surface area contributed by atoms with E-state index in [-0.39, 0.29) is 0 Å². The van der Waals surface area contributed by atoms with E-state index in [1.165, 1.54) is 0 Å². The summed E-state index contributed by atoms with van der Waals surface area (Å²) in [6, 6.07) is 3.90. The highest BCUT2D eigenvalue weighted by atomic mass is 16.5. The second kappa shape index (κ2) is 5.30. The van der Waals surface area contributed by atoms with Gasteiger partial charge in [-0.3, -0.25) is 5.10 Å². The van der Waals surface area contributed by atoms with E-state index < -0.39 is 0 Å². The summed E-state index contributed by atoms with van der Waals surface area (Å²) in [6.07, 6.45) is 0. The Morgan fingerprint density at radius 1 is 1.11 bits per heavy atom. The topological polar surface area (TPSA) is 60.0 Å². The van der Waals surface area contributed by atoms with Gasteiger partial charge in [-0.2, -0.15) is 5.10 Å². The van der Waals surface area contributed by atoms with Crippen molar-refractivity contribution in [2.45, 2.75) is 26.7 Å². The first kappa shape index (κ1) is 13.4. The van der Waals surface area contributed by atoms with Crippen LogP contribution < -0.4 is 9.47 Å². The summed E-state index contributed by atoms with van der Waals surface area (Å²) in [5.74, 6) is 3.16. The van der Waals surface area contributed by atoms with Crippen LogP contribution in [-0.2, 0) is 0 Å². The zero-order chi connectivity index (χ0) is 14.0. The summed E-state index contributed by atoms with van der Waals surface area (Å²) in [5.41, 5.74) is 1.84. The Morgan fingerprint density at radius 2 is 1.68 bits per heavy atom. The van der Waals surface area contributed by atoms with Crippen molar-refractivity contribution in [2.75, 3.05) is 14.2 Å². The van der Waals surface area contributed by atoms with Crippen LogP contribution >= 0.6 is 0 Å². The van der Waals surface area contributed by atoms with Crippen LogP contribution in [0.25, 0.3) is 11.4 Å². The lowest BCUT2D eigenvalue weighted by atomic mass is 10.1. The summed E-state index contributed by atoms with van der Waals surface area (Å²) in [4.78, 5) is 4.50. The molecule has 0 atom stereocenters. The number of nitrogens with one attached hydrogen (secondary N) is 1. The number of hydrogen-bond donors (Lipinski definition) is 1. The number of aromatic amines is 1. The first-order valence-corrected chi connectivity index (χ1v) is 6.22. The van der Waals surface area contributed by atoms with Crippen LogP contribution in [0.3, 0.4) is 0 Å². The van der Waals surface area contributed by atoms with Gasteiger partial charge in [0.05, 0.1) is 14.2 Å². The minimum Gasteiger partial charge on any atom is -0.496 e. The highest BCUT2D eigenvalue weighted by Crippen LogP contribution is 2.37. The third-order valence-electron chi connectivity index (χ3n) is 2.92. The molecular formula is C14H19N3O2. The maximum atomic E-state index is 5.42. The predicted octanol–water partition coefficient (Wildman–Crippen LogP) is 2.92. The summed E-state index contributed by atoms with van der Waals surface area (Å²) >= 11 is 0. The standard InChI is InChI=1S/C14H19N3O2/c1-8(2)13-15-14(17-16-13)12-10(18-4)6-9(3)7-11(12)19-5/h6-8H,1-5H3,(H,15,16,17).